The first-order chi connectivity index (χ1) is 8.38. The second-order valence-corrected chi connectivity index (χ2v) is 5.02. The van der Waals surface area contributed by atoms with Gasteiger partial charge in [0.2, 0.25) is 0 Å². The van der Waals surface area contributed by atoms with Crippen molar-refractivity contribution in [3.8, 4) is 0 Å². The SMILES string of the molecule is CC1CCC(=O)C(c2ccc(C(F)(F)F)cc2)C1. The van der Waals surface area contributed by atoms with Crippen LogP contribution in [0.25, 0.3) is 0 Å². The maximum absolute atomic E-state index is 12.4. The summed E-state index contributed by atoms with van der Waals surface area (Å²) in [5.41, 5.74) is 0.0436. The summed E-state index contributed by atoms with van der Waals surface area (Å²) in [5, 5.41) is 0. The molecule has 0 heterocycles. The minimum atomic E-state index is -4.32. The fraction of sp³-hybridized carbons (Fsp3) is 0.500. The summed E-state index contributed by atoms with van der Waals surface area (Å²) in [6.07, 6.45) is -2.16. The molecule has 2 unspecified atom stereocenters. The van der Waals surface area contributed by atoms with Crippen molar-refractivity contribution in [1.82, 2.24) is 0 Å². The van der Waals surface area contributed by atoms with E-state index >= 15 is 0 Å². The van der Waals surface area contributed by atoms with E-state index in [4.69, 9.17) is 0 Å². The van der Waals surface area contributed by atoms with Crippen molar-refractivity contribution in [2.24, 2.45) is 5.92 Å². The zero-order valence-corrected chi connectivity index (χ0v) is 10.1. The van der Waals surface area contributed by atoms with E-state index in [1.54, 1.807) is 0 Å². The standard InChI is InChI=1S/C14H15F3O/c1-9-2-7-13(18)12(8-9)10-3-5-11(6-4-10)14(15,16)17/h3-6,9,12H,2,7-8H2,1H3. The Morgan fingerprint density at radius 2 is 1.78 bits per heavy atom. The molecule has 2 rings (SSSR count). The monoisotopic (exact) mass is 256 g/mol. The molecule has 0 saturated heterocycles. The second-order valence-electron chi connectivity index (χ2n) is 5.02. The summed E-state index contributed by atoms with van der Waals surface area (Å²) in [7, 11) is 0. The van der Waals surface area contributed by atoms with Gasteiger partial charge in [-0.3, -0.25) is 4.79 Å². The van der Waals surface area contributed by atoms with E-state index in [1.807, 2.05) is 0 Å². The third-order valence-corrected chi connectivity index (χ3v) is 3.55. The van der Waals surface area contributed by atoms with Crippen LogP contribution >= 0.6 is 0 Å². The number of benzene rings is 1. The Labute approximate surface area is 104 Å². The number of hydrogen-bond donors (Lipinski definition) is 0. The highest BCUT2D eigenvalue weighted by molar-refractivity contribution is 5.86. The summed E-state index contributed by atoms with van der Waals surface area (Å²) >= 11 is 0. The van der Waals surface area contributed by atoms with Crippen LogP contribution in [0.3, 0.4) is 0 Å². The quantitative estimate of drug-likeness (QED) is 0.736. The van der Waals surface area contributed by atoms with E-state index in [0.29, 0.717) is 17.9 Å². The molecule has 1 aromatic rings. The van der Waals surface area contributed by atoms with E-state index in [2.05, 4.69) is 6.92 Å². The molecule has 0 spiro atoms. The first-order valence-corrected chi connectivity index (χ1v) is 6.08. The highest BCUT2D eigenvalue weighted by atomic mass is 19.4. The van der Waals surface area contributed by atoms with Crippen LogP contribution in [-0.4, -0.2) is 5.78 Å². The molecule has 1 aliphatic carbocycles. The fourth-order valence-electron chi connectivity index (χ4n) is 2.44. The lowest BCUT2D eigenvalue weighted by Crippen LogP contribution is -2.22. The van der Waals surface area contributed by atoms with Gasteiger partial charge in [-0.05, 0) is 36.5 Å². The van der Waals surface area contributed by atoms with Gasteiger partial charge in [-0.1, -0.05) is 19.1 Å². The largest absolute Gasteiger partial charge is 0.416 e. The maximum Gasteiger partial charge on any atom is 0.416 e. The number of ketones is 1. The summed E-state index contributed by atoms with van der Waals surface area (Å²) in [6.45, 7) is 2.07. The van der Waals surface area contributed by atoms with Crippen molar-refractivity contribution < 1.29 is 18.0 Å². The summed E-state index contributed by atoms with van der Waals surface area (Å²) in [6, 6.07) is 4.98. The Kier molecular flexibility index (Phi) is 3.46. The van der Waals surface area contributed by atoms with Crippen molar-refractivity contribution in [2.45, 2.75) is 38.3 Å². The minimum absolute atomic E-state index is 0.146. The van der Waals surface area contributed by atoms with Crippen LogP contribution in [-0.2, 0) is 11.0 Å². The van der Waals surface area contributed by atoms with E-state index in [-0.39, 0.29) is 11.7 Å². The van der Waals surface area contributed by atoms with Crippen LogP contribution in [0.15, 0.2) is 24.3 Å². The molecular formula is C14H15F3O. The summed E-state index contributed by atoms with van der Waals surface area (Å²) in [4.78, 5) is 11.8. The van der Waals surface area contributed by atoms with Crippen molar-refractivity contribution in [1.29, 1.82) is 0 Å². The van der Waals surface area contributed by atoms with Gasteiger partial charge < -0.3 is 0 Å². The number of carbonyl (C=O) groups is 1. The molecule has 0 aliphatic heterocycles. The maximum atomic E-state index is 12.4. The van der Waals surface area contributed by atoms with Gasteiger partial charge in [0.15, 0.2) is 0 Å². The molecule has 0 bridgehead atoms. The summed E-state index contributed by atoms with van der Waals surface area (Å²) < 4.78 is 37.3. The Morgan fingerprint density at radius 1 is 1.17 bits per heavy atom. The predicted molar refractivity (Wildman–Crippen MR) is 62.2 cm³/mol. The third-order valence-electron chi connectivity index (χ3n) is 3.55. The Morgan fingerprint density at radius 3 is 2.33 bits per heavy atom. The Bertz CT molecular complexity index is 433. The molecule has 1 fully saturated rings. The van der Waals surface area contributed by atoms with Crippen LogP contribution in [0.5, 0.6) is 0 Å². The first kappa shape index (κ1) is 13.1. The third kappa shape index (κ3) is 2.74. The van der Waals surface area contributed by atoms with Gasteiger partial charge in [0.05, 0.1) is 5.56 Å². The molecule has 0 radical (unpaired) electrons. The number of carbonyl (C=O) groups excluding carboxylic acids is 1. The average Bonchev–Trinajstić information content (AvgIpc) is 2.31. The van der Waals surface area contributed by atoms with E-state index in [0.717, 1.165) is 25.0 Å². The molecule has 1 saturated carbocycles. The smallest absolute Gasteiger partial charge is 0.299 e. The van der Waals surface area contributed by atoms with Gasteiger partial charge in [-0.15, -0.1) is 0 Å². The number of rotatable bonds is 1. The van der Waals surface area contributed by atoms with Gasteiger partial charge in [0, 0.05) is 12.3 Å². The van der Waals surface area contributed by atoms with Crippen molar-refractivity contribution in [3.63, 3.8) is 0 Å². The topological polar surface area (TPSA) is 17.1 Å². The van der Waals surface area contributed by atoms with Crippen molar-refractivity contribution in [2.75, 3.05) is 0 Å². The highest BCUT2D eigenvalue weighted by Crippen LogP contribution is 2.35. The molecule has 0 N–H and O–H groups in total. The number of hydrogen-bond acceptors (Lipinski definition) is 1. The van der Waals surface area contributed by atoms with Crippen LogP contribution in [0.4, 0.5) is 13.2 Å². The van der Waals surface area contributed by atoms with E-state index in [9.17, 15) is 18.0 Å². The first-order valence-electron chi connectivity index (χ1n) is 6.08. The Balaban J connectivity index is 2.21. The van der Waals surface area contributed by atoms with Gasteiger partial charge in [0.25, 0.3) is 0 Å². The van der Waals surface area contributed by atoms with Gasteiger partial charge in [0.1, 0.15) is 5.78 Å². The molecule has 18 heavy (non-hydrogen) atoms. The lowest BCUT2D eigenvalue weighted by molar-refractivity contribution is -0.137. The predicted octanol–water partition coefficient (Wildman–Crippen LogP) is 4.18. The molecule has 98 valence electrons. The van der Waals surface area contributed by atoms with Crippen LogP contribution in [0.1, 0.15) is 43.2 Å². The fourth-order valence-corrected chi connectivity index (χ4v) is 2.44. The zero-order chi connectivity index (χ0) is 13.3. The number of halogens is 3. The highest BCUT2D eigenvalue weighted by Gasteiger charge is 2.32. The summed E-state index contributed by atoms with van der Waals surface area (Å²) in [5.74, 6) is 0.374. The van der Waals surface area contributed by atoms with Crippen LogP contribution < -0.4 is 0 Å². The average molecular weight is 256 g/mol. The van der Waals surface area contributed by atoms with Crippen molar-refractivity contribution >= 4 is 5.78 Å². The molecule has 1 aliphatic rings. The molecule has 0 amide bonds. The van der Waals surface area contributed by atoms with Gasteiger partial charge in [-0.25, -0.2) is 0 Å². The molecule has 4 heteroatoms. The molecule has 0 aromatic heterocycles. The van der Waals surface area contributed by atoms with E-state index in [1.165, 1.54) is 12.1 Å². The molecule has 1 aromatic carbocycles. The molecule has 2 atom stereocenters. The number of alkyl halides is 3. The molecule has 1 nitrogen and oxygen atoms in total. The Hall–Kier alpha value is -1.32. The normalized spacial score (nSPS) is 25.2. The second kappa shape index (κ2) is 4.75. The van der Waals surface area contributed by atoms with Gasteiger partial charge in [-0.2, -0.15) is 13.2 Å². The van der Waals surface area contributed by atoms with E-state index < -0.39 is 11.7 Å². The van der Waals surface area contributed by atoms with Gasteiger partial charge >= 0.3 is 6.18 Å². The van der Waals surface area contributed by atoms with Crippen LogP contribution in [0.2, 0.25) is 0 Å². The van der Waals surface area contributed by atoms with Crippen LogP contribution in [0, 0.1) is 5.92 Å². The zero-order valence-electron chi connectivity index (χ0n) is 10.1. The lowest BCUT2D eigenvalue weighted by Gasteiger charge is -2.26. The minimum Gasteiger partial charge on any atom is -0.299 e. The van der Waals surface area contributed by atoms with Crippen molar-refractivity contribution in [3.05, 3.63) is 35.4 Å². The number of Topliss-reactive ketones (excluding diaryl/α,β-unsaturated/α-hetero) is 1. The molecular weight excluding hydrogens is 241 g/mol. The lowest BCUT2D eigenvalue weighted by atomic mass is 9.78.